The molecule has 1 unspecified atom stereocenters. The van der Waals surface area contributed by atoms with Gasteiger partial charge in [0.1, 0.15) is 18.0 Å². The van der Waals surface area contributed by atoms with Crippen LogP contribution in [0.2, 0.25) is 0 Å². The van der Waals surface area contributed by atoms with Gasteiger partial charge in [-0.05, 0) is 56.5 Å². The first-order chi connectivity index (χ1) is 16.1. The molecule has 3 aromatic rings. The largest absolute Gasteiger partial charge is 0.490 e. The van der Waals surface area contributed by atoms with E-state index in [9.17, 15) is 4.79 Å². The molecule has 0 aliphatic carbocycles. The van der Waals surface area contributed by atoms with Crippen LogP contribution in [-0.2, 0) is 11.3 Å². The van der Waals surface area contributed by atoms with Gasteiger partial charge in [0, 0.05) is 45.5 Å². The van der Waals surface area contributed by atoms with E-state index in [1.54, 1.807) is 0 Å². The molecule has 0 spiro atoms. The number of aryl methyl sites for hydroxylation is 2. The lowest BCUT2D eigenvalue weighted by Crippen LogP contribution is -2.48. The first-order valence-corrected chi connectivity index (χ1v) is 11.9. The van der Waals surface area contributed by atoms with Crippen LogP contribution < -0.4 is 4.74 Å². The van der Waals surface area contributed by atoms with Crippen molar-refractivity contribution in [2.24, 2.45) is 0 Å². The normalized spacial score (nSPS) is 19.3. The van der Waals surface area contributed by atoms with Gasteiger partial charge in [-0.2, -0.15) is 0 Å². The van der Waals surface area contributed by atoms with Gasteiger partial charge in [-0.3, -0.25) is 9.69 Å². The Hall–Kier alpha value is -2.90. The molecule has 1 aromatic carbocycles. The molecule has 2 aliphatic rings. The smallest absolute Gasteiger partial charge is 0.257 e. The predicted molar refractivity (Wildman–Crippen MR) is 127 cm³/mol. The van der Waals surface area contributed by atoms with Gasteiger partial charge in [0.05, 0.1) is 23.1 Å². The summed E-state index contributed by atoms with van der Waals surface area (Å²) in [6, 6.07) is 11.8. The van der Waals surface area contributed by atoms with Crippen molar-refractivity contribution in [3.63, 3.8) is 0 Å². The summed E-state index contributed by atoms with van der Waals surface area (Å²) in [6.07, 6.45) is 4.33. The molecule has 0 radical (unpaired) electrons. The lowest BCUT2D eigenvalue weighted by Gasteiger charge is -2.35. The van der Waals surface area contributed by atoms with E-state index in [1.165, 1.54) is 11.3 Å². The van der Waals surface area contributed by atoms with Gasteiger partial charge in [0.25, 0.3) is 5.91 Å². The third-order valence-corrected chi connectivity index (χ3v) is 6.68. The maximum absolute atomic E-state index is 13.3. The highest BCUT2D eigenvalue weighted by atomic mass is 16.5. The molecule has 2 fully saturated rings. The zero-order valence-electron chi connectivity index (χ0n) is 19.5. The van der Waals surface area contributed by atoms with Crippen LogP contribution in [0.15, 0.2) is 42.6 Å². The molecule has 33 heavy (non-hydrogen) atoms. The SMILES string of the molecule is Cc1ccn2c(CN3CCN(C(=O)c4ccccc4OCC4CCCO4)CC3)c(C)nc2c1. The number of imidazole rings is 1. The number of piperazine rings is 1. The second-order valence-corrected chi connectivity index (χ2v) is 9.09. The molecule has 2 saturated heterocycles. The molecule has 2 aromatic heterocycles. The van der Waals surface area contributed by atoms with Crippen LogP contribution in [0.5, 0.6) is 5.75 Å². The molecule has 174 valence electrons. The first kappa shape index (κ1) is 21.9. The number of para-hydroxylation sites is 1. The number of aromatic nitrogens is 2. The van der Waals surface area contributed by atoms with Crippen molar-refractivity contribution in [3.05, 3.63) is 65.1 Å². The van der Waals surface area contributed by atoms with Crippen molar-refractivity contribution < 1.29 is 14.3 Å². The minimum absolute atomic E-state index is 0.0408. The number of benzene rings is 1. The maximum Gasteiger partial charge on any atom is 0.257 e. The predicted octanol–water partition coefficient (Wildman–Crippen LogP) is 3.47. The minimum Gasteiger partial charge on any atom is -0.490 e. The Labute approximate surface area is 194 Å². The number of pyridine rings is 1. The Bertz CT molecular complexity index is 1130. The average molecular weight is 449 g/mol. The maximum atomic E-state index is 13.3. The van der Waals surface area contributed by atoms with Gasteiger partial charge in [-0.1, -0.05) is 12.1 Å². The lowest BCUT2D eigenvalue weighted by molar-refractivity contribution is 0.0591. The number of carbonyl (C=O) groups excluding carboxylic acids is 1. The monoisotopic (exact) mass is 448 g/mol. The van der Waals surface area contributed by atoms with Crippen LogP contribution in [0.1, 0.15) is 40.2 Å². The van der Waals surface area contributed by atoms with Crippen molar-refractivity contribution in [2.75, 3.05) is 39.4 Å². The Balaban J connectivity index is 1.21. The highest BCUT2D eigenvalue weighted by Crippen LogP contribution is 2.23. The number of fused-ring (bicyclic) bond motifs is 1. The van der Waals surface area contributed by atoms with E-state index in [-0.39, 0.29) is 12.0 Å². The van der Waals surface area contributed by atoms with Crippen LogP contribution in [0, 0.1) is 13.8 Å². The number of carbonyl (C=O) groups is 1. The van der Waals surface area contributed by atoms with Gasteiger partial charge in [-0.25, -0.2) is 4.98 Å². The van der Waals surface area contributed by atoms with Crippen LogP contribution in [0.3, 0.4) is 0 Å². The van der Waals surface area contributed by atoms with Crippen LogP contribution >= 0.6 is 0 Å². The van der Waals surface area contributed by atoms with Crippen LogP contribution in [-0.4, -0.2) is 70.6 Å². The second-order valence-electron chi connectivity index (χ2n) is 9.09. The Kier molecular flexibility index (Phi) is 6.33. The summed E-state index contributed by atoms with van der Waals surface area (Å²) < 4.78 is 13.8. The van der Waals surface area contributed by atoms with Crippen molar-refractivity contribution in [2.45, 2.75) is 39.3 Å². The van der Waals surface area contributed by atoms with Gasteiger partial charge < -0.3 is 18.8 Å². The summed E-state index contributed by atoms with van der Waals surface area (Å²) in [5.41, 5.74) is 5.13. The topological polar surface area (TPSA) is 59.3 Å². The summed E-state index contributed by atoms with van der Waals surface area (Å²) >= 11 is 0. The van der Waals surface area contributed by atoms with E-state index < -0.39 is 0 Å². The fraction of sp³-hybridized carbons (Fsp3) is 0.462. The Morgan fingerprint density at radius 3 is 2.76 bits per heavy atom. The summed E-state index contributed by atoms with van der Waals surface area (Å²) in [5, 5.41) is 0. The molecule has 7 nitrogen and oxygen atoms in total. The molecule has 4 heterocycles. The summed E-state index contributed by atoms with van der Waals surface area (Å²) in [5.74, 6) is 0.691. The standard InChI is InChI=1S/C26H32N4O3/c1-19-9-10-30-23(20(2)27-25(30)16-19)17-28-11-13-29(14-12-28)26(31)22-7-3-4-8-24(22)33-18-21-6-5-15-32-21/h3-4,7-10,16,21H,5-6,11-15,17-18H2,1-2H3. The van der Waals surface area contributed by atoms with Gasteiger partial charge >= 0.3 is 0 Å². The zero-order valence-corrected chi connectivity index (χ0v) is 19.5. The number of hydrogen-bond donors (Lipinski definition) is 0. The first-order valence-electron chi connectivity index (χ1n) is 11.9. The quantitative estimate of drug-likeness (QED) is 0.578. The van der Waals surface area contributed by atoms with E-state index in [1.807, 2.05) is 29.2 Å². The second kappa shape index (κ2) is 9.53. The molecule has 1 amide bonds. The molecule has 0 N–H and O–H groups in total. The van der Waals surface area contributed by atoms with E-state index in [0.29, 0.717) is 31.0 Å². The van der Waals surface area contributed by atoms with Crippen molar-refractivity contribution >= 4 is 11.6 Å². The van der Waals surface area contributed by atoms with E-state index in [4.69, 9.17) is 14.5 Å². The number of nitrogens with zero attached hydrogens (tertiary/aromatic N) is 4. The summed E-state index contributed by atoms with van der Waals surface area (Å²) in [4.78, 5) is 22.4. The lowest BCUT2D eigenvalue weighted by atomic mass is 10.1. The van der Waals surface area contributed by atoms with Crippen molar-refractivity contribution in [3.8, 4) is 5.75 Å². The number of amides is 1. The van der Waals surface area contributed by atoms with E-state index in [0.717, 1.165) is 50.4 Å². The molecule has 1 atom stereocenters. The Morgan fingerprint density at radius 2 is 1.97 bits per heavy atom. The van der Waals surface area contributed by atoms with Crippen LogP contribution in [0.4, 0.5) is 0 Å². The van der Waals surface area contributed by atoms with Gasteiger partial charge in [0.2, 0.25) is 0 Å². The number of ether oxygens (including phenoxy) is 2. The summed E-state index contributed by atoms with van der Waals surface area (Å²) in [7, 11) is 0. The molecule has 2 aliphatic heterocycles. The number of hydrogen-bond acceptors (Lipinski definition) is 5. The van der Waals surface area contributed by atoms with Crippen LogP contribution in [0.25, 0.3) is 5.65 Å². The summed E-state index contributed by atoms with van der Waals surface area (Å²) in [6.45, 7) is 9.37. The third-order valence-electron chi connectivity index (χ3n) is 6.68. The van der Waals surface area contributed by atoms with Gasteiger partial charge in [0.15, 0.2) is 0 Å². The molecular formula is C26H32N4O3. The molecule has 0 saturated carbocycles. The fourth-order valence-corrected chi connectivity index (χ4v) is 4.72. The molecule has 0 bridgehead atoms. The third kappa shape index (κ3) is 4.75. The van der Waals surface area contributed by atoms with E-state index >= 15 is 0 Å². The number of rotatable bonds is 6. The molecule has 5 rings (SSSR count). The van der Waals surface area contributed by atoms with Gasteiger partial charge in [-0.15, -0.1) is 0 Å². The minimum atomic E-state index is 0.0408. The van der Waals surface area contributed by atoms with Crippen molar-refractivity contribution in [1.29, 1.82) is 0 Å². The molecule has 7 heteroatoms. The van der Waals surface area contributed by atoms with E-state index in [2.05, 4.69) is 41.5 Å². The Morgan fingerprint density at radius 1 is 1.15 bits per heavy atom. The van der Waals surface area contributed by atoms with Crippen molar-refractivity contribution in [1.82, 2.24) is 19.2 Å². The fourth-order valence-electron chi connectivity index (χ4n) is 4.72. The molecular weight excluding hydrogens is 416 g/mol. The zero-order chi connectivity index (χ0) is 22.8. The highest BCUT2D eigenvalue weighted by Gasteiger charge is 2.26. The average Bonchev–Trinajstić information content (AvgIpc) is 3.45. The highest BCUT2D eigenvalue weighted by molar-refractivity contribution is 5.97.